The molecular formula is C11H8ClF3N4O. The molecule has 0 saturated heterocycles. The fourth-order valence-electron chi connectivity index (χ4n) is 1.62. The molecule has 0 aliphatic carbocycles. The summed E-state index contributed by atoms with van der Waals surface area (Å²) in [5.41, 5.74) is 4.69. The van der Waals surface area contributed by atoms with Gasteiger partial charge in [0.05, 0.1) is 16.3 Å². The van der Waals surface area contributed by atoms with Crippen molar-refractivity contribution in [2.24, 2.45) is 10.9 Å². The molecule has 1 aromatic carbocycles. The van der Waals surface area contributed by atoms with E-state index < -0.39 is 11.9 Å². The van der Waals surface area contributed by atoms with Crippen molar-refractivity contribution < 1.29 is 18.4 Å². The number of oxime groups is 1. The Morgan fingerprint density at radius 1 is 1.35 bits per heavy atom. The van der Waals surface area contributed by atoms with Crippen LogP contribution in [0.15, 0.2) is 35.6 Å². The summed E-state index contributed by atoms with van der Waals surface area (Å²) >= 11 is 5.91. The number of amidine groups is 1. The zero-order valence-electron chi connectivity index (χ0n) is 9.76. The third kappa shape index (κ3) is 2.55. The zero-order valence-corrected chi connectivity index (χ0v) is 10.5. The number of alkyl halides is 3. The molecule has 0 unspecified atom stereocenters. The molecule has 0 saturated carbocycles. The van der Waals surface area contributed by atoms with Crippen molar-refractivity contribution in [2.45, 2.75) is 6.18 Å². The Hall–Kier alpha value is -2.22. The van der Waals surface area contributed by atoms with Crippen LogP contribution in [-0.4, -0.2) is 20.8 Å². The summed E-state index contributed by atoms with van der Waals surface area (Å²) in [7, 11) is 0. The number of nitrogens with two attached hydrogens (primary N) is 1. The number of aromatic nitrogens is 2. The van der Waals surface area contributed by atoms with Crippen molar-refractivity contribution in [1.29, 1.82) is 0 Å². The fourth-order valence-corrected chi connectivity index (χ4v) is 1.88. The van der Waals surface area contributed by atoms with Gasteiger partial charge in [-0.05, 0) is 18.2 Å². The van der Waals surface area contributed by atoms with Crippen LogP contribution in [0.25, 0.3) is 5.69 Å². The first-order chi connectivity index (χ1) is 9.34. The van der Waals surface area contributed by atoms with Gasteiger partial charge >= 0.3 is 6.18 Å². The van der Waals surface area contributed by atoms with E-state index in [1.165, 1.54) is 18.2 Å². The molecule has 0 aliphatic rings. The van der Waals surface area contributed by atoms with Crippen molar-refractivity contribution >= 4 is 17.4 Å². The van der Waals surface area contributed by atoms with Gasteiger partial charge in [-0.25, -0.2) is 4.68 Å². The average Bonchev–Trinajstić information content (AvgIpc) is 2.87. The lowest BCUT2D eigenvalue weighted by atomic mass is 10.1. The summed E-state index contributed by atoms with van der Waals surface area (Å²) in [6.45, 7) is 0. The van der Waals surface area contributed by atoms with E-state index in [1.807, 2.05) is 0 Å². The van der Waals surface area contributed by atoms with Gasteiger partial charge in [0, 0.05) is 6.20 Å². The van der Waals surface area contributed by atoms with E-state index in [4.69, 9.17) is 22.5 Å². The second kappa shape index (κ2) is 5.04. The van der Waals surface area contributed by atoms with Gasteiger partial charge in [-0.2, -0.15) is 18.3 Å². The predicted molar refractivity (Wildman–Crippen MR) is 66.1 cm³/mol. The fraction of sp³-hybridized carbons (Fsp3) is 0.0909. The predicted octanol–water partition coefficient (Wildman–Crippen LogP) is 2.64. The first-order valence-corrected chi connectivity index (χ1v) is 5.62. The zero-order chi connectivity index (χ0) is 14.9. The van der Waals surface area contributed by atoms with Crippen LogP contribution in [0.4, 0.5) is 13.2 Å². The van der Waals surface area contributed by atoms with Crippen molar-refractivity contribution in [3.63, 3.8) is 0 Å². The lowest BCUT2D eigenvalue weighted by Crippen LogP contribution is -2.17. The van der Waals surface area contributed by atoms with E-state index >= 15 is 0 Å². The highest BCUT2D eigenvalue weighted by Crippen LogP contribution is 2.29. The first-order valence-electron chi connectivity index (χ1n) is 5.24. The van der Waals surface area contributed by atoms with Gasteiger partial charge in [0.2, 0.25) is 0 Å². The van der Waals surface area contributed by atoms with Gasteiger partial charge in [0.1, 0.15) is 0 Å². The molecule has 0 radical (unpaired) electrons. The van der Waals surface area contributed by atoms with Gasteiger partial charge in [0.15, 0.2) is 11.5 Å². The largest absolute Gasteiger partial charge is 0.435 e. The number of benzene rings is 1. The number of hydrogen-bond donors (Lipinski definition) is 2. The summed E-state index contributed by atoms with van der Waals surface area (Å²) < 4.78 is 38.6. The highest BCUT2D eigenvalue weighted by atomic mass is 35.5. The van der Waals surface area contributed by atoms with Crippen LogP contribution in [-0.2, 0) is 6.18 Å². The highest BCUT2D eigenvalue weighted by molar-refractivity contribution is 6.34. The number of nitrogens with zero attached hydrogens (tertiary/aromatic N) is 3. The smallest absolute Gasteiger partial charge is 0.409 e. The second-order valence-electron chi connectivity index (χ2n) is 3.76. The van der Waals surface area contributed by atoms with E-state index in [-0.39, 0.29) is 22.1 Å². The molecule has 0 bridgehead atoms. The minimum atomic E-state index is -4.55. The summed E-state index contributed by atoms with van der Waals surface area (Å²) in [4.78, 5) is 0. The maximum absolute atomic E-state index is 12.5. The van der Waals surface area contributed by atoms with Crippen LogP contribution in [0, 0.1) is 0 Å². The van der Waals surface area contributed by atoms with E-state index in [9.17, 15) is 13.2 Å². The Bertz CT molecular complexity index is 666. The van der Waals surface area contributed by atoms with Crippen LogP contribution >= 0.6 is 11.6 Å². The molecule has 106 valence electrons. The average molecular weight is 305 g/mol. The van der Waals surface area contributed by atoms with Gasteiger partial charge in [0.25, 0.3) is 0 Å². The second-order valence-corrected chi connectivity index (χ2v) is 4.17. The van der Waals surface area contributed by atoms with Crippen molar-refractivity contribution in [3.8, 4) is 5.69 Å². The molecule has 1 aromatic heterocycles. The molecule has 1 heterocycles. The maximum Gasteiger partial charge on any atom is 0.435 e. The van der Waals surface area contributed by atoms with Gasteiger partial charge < -0.3 is 10.9 Å². The van der Waals surface area contributed by atoms with E-state index in [0.29, 0.717) is 0 Å². The van der Waals surface area contributed by atoms with E-state index in [2.05, 4.69) is 10.3 Å². The minimum Gasteiger partial charge on any atom is -0.409 e. The molecule has 5 nitrogen and oxygen atoms in total. The molecule has 0 aliphatic heterocycles. The lowest BCUT2D eigenvalue weighted by Gasteiger charge is -2.10. The Morgan fingerprint density at radius 3 is 2.60 bits per heavy atom. The van der Waals surface area contributed by atoms with Gasteiger partial charge in [-0.15, -0.1) is 0 Å². The van der Waals surface area contributed by atoms with Crippen LogP contribution < -0.4 is 5.73 Å². The van der Waals surface area contributed by atoms with Crippen LogP contribution in [0.2, 0.25) is 5.02 Å². The number of rotatable bonds is 2. The Morgan fingerprint density at radius 2 is 2.05 bits per heavy atom. The minimum absolute atomic E-state index is 0.0912. The SMILES string of the molecule is NC(=NO)c1c(Cl)cccc1-n1ccc(C(F)(F)F)n1. The third-order valence-corrected chi connectivity index (χ3v) is 2.80. The third-order valence-electron chi connectivity index (χ3n) is 2.48. The highest BCUT2D eigenvalue weighted by Gasteiger charge is 2.33. The van der Waals surface area contributed by atoms with E-state index in [0.717, 1.165) is 16.9 Å². The number of halogens is 4. The standard InChI is InChI=1S/C11H8ClF3N4O/c12-6-2-1-3-7(9(6)10(16)18-20)19-5-4-8(17-19)11(13,14)15/h1-5,20H,(H2,16,18). The molecule has 0 spiro atoms. The Balaban J connectivity index is 2.59. The quantitative estimate of drug-likeness (QED) is 0.387. The maximum atomic E-state index is 12.5. The van der Waals surface area contributed by atoms with Crippen molar-refractivity contribution in [2.75, 3.05) is 0 Å². The van der Waals surface area contributed by atoms with Gasteiger partial charge in [-0.1, -0.05) is 22.8 Å². The van der Waals surface area contributed by atoms with Crippen LogP contribution in [0.3, 0.4) is 0 Å². The van der Waals surface area contributed by atoms with Crippen LogP contribution in [0.5, 0.6) is 0 Å². The molecule has 0 fully saturated rings. The molecule has 0 amide bonds. The Labute approximate surface area is 116 Å². The summed E-state index contributed by atoms with van der Waals surface area (Å²) in [6.07, 6.45) is -3.44. The molecule has 3 N–H and O–H groups in total. The van der Waals surface area contributed by atoms with Gasteiger partial charge in [-0.3, -0.25) is 0 Å². The van der Waals surface area contributed by atoms with E-state index in [1.54, 1.807) is 0 Å². The molecule has 0 atom stereocenters. The normalized spacial score (nSPS) is 12.7. The molecule has 2 aromatic rings. The summed E-state index contributed by atoms with van der Waals surface area (Å²) in [5, 5.41) is 15.1. The topological polar surface area (TPSA) is 76.4 Å². The molecule has 9 heteroatoms. The first kappa shape index (κ1) is 14.2. The molecular weight excluding hydrogens is 297 g/mol. The summed E-state index contributed by atoms with van der Waals surface area (Å²) in [6, 6.07) is 5.25. The summed E-state index contributed by atoms with van der Waals surface area (Å²) in [5.74, 6) is -0.324. The Kier molecular flexibility index (Phi) is 3.58. The number of hydrogen-bond acceptors (Lipinski definition) is 3. The molecule has 2 rings (SSSR count). The lowest BCUT2D eigenvalue weighted by molar-refractivity contribution is -0.141. The molecule has 20 heavy (non-hydrogen) atoms. The van der Waals surface area contributed by atoms with Crippen LogP contribution in [0.1, 0.15) is 11.3 Å². The monoisotopic (exact) mass is 304 g/mol. The van der Waals surface area contributed by atoms with Crippen molar-refractivity contribution in [1.82, 2.24) is 9.78 Å². The van der Waals surface area contributed by atoms with Crippen molar-refractivity contribution in [3.05, 3.63) is 46.7 Å².